The quantitative estimate of drug-likeness (QED) is 0.722. The number of hydrogen-bond donors (Lipinski definition) is 3. The predicted octanol–water partition coefficient (Wildman–Crippen LogP) is 1.46. The molecule has 2 rings (SSSR count). The lowest BCUT2D eigenvalue weighted by Gasteiger charge is -2.15. The molecule has 0 saturated heterocycles. The number of benzene rings is 2. The first kappa shape index (κ1) is 13.0. The van der Waals surface area contributed by atoms with E-state index in [0.717, 1.165) is 0 Å². The van der Waals surface area contributed by atoms with Crippen molar-refractivity contribution in [2.24, 2.45) is 0 Å². The second-order valence-corrected chi connectivity index (χ2v) is 4.07. The molecule has 0 aromatic heterocycles. The van der Waals surface area contributed by atoms with Crippen LogP contribution in [0.2, 0.25) is 0 Å². The van der Waals surface area contributed by atoms with Crippen molar-refractivity contribution in [2.45, 2.75) is 12.2 Å². The van der Waals surface area contributed by atoms with Crippen LogP contribution in [0.4, 0.5) is 0 Å². The van der Waals surface area contributed by atoms with E-state index >= 15 is 0 Å². The largest absolute Gasteiger partial charge is 0.478 e. The highest BCUT2D eigenvalue weighted by Crippen LogP contribution is 2.28. The predicted molar refractivity (Wildman–Crippen MR) is 67.5 cm³/mol. The van der Waals surface area contributed by atoms with Crippen LogP contribution in [0.1, 0.15) is 22.0 Å². The minimum Gasteiger partial charge on any atom is -0.478 e. The Morgan fingerprint density at radius 2 is 1.74 bits per heavy atom. The van der Waals surface area contributed by atoms with E-state index in [1.165, 1.54) is 6.07 Å². The number of carboxylic acids is 1. The molecule has 0 saturated carbocycles. The number of fused-ring (bicyclic) bond motifs is 1. The first-order chi connectivity index (χ1) is 9.06. The van der Waals surface area contributed by atoms with Gasteiger partial charge in [0.25, 0.3) is 0 Å². The van der Waals surface area contributed by atoms with Gasteiger partial charge >= 0.3 is 5.97 Å². The molecule has 2 atom stereocenters. The van der Waals surface area contributed by atoms with Gasteiger partial charge in [-0.25, -0.2) is 4.79 Å². The highest BCUT2D eigenvalue weighted by Gasteiger charge is 2.20. The van der Waals surface area contributed by atoms with Gasteiger partial charge in [-0.2, -0.15) is 5.26 Å². The van der Waals surface area contributed by atoms with Crippen LogP contribution < -0.4 is 0 Å². The maximum atomic E-state index is 11.1. The Balaban J connectivity index is 2.69. The molecule has 0 bridgehead atoms. The lowest BCUT2D eigenvalue weighted by molar-refractivity contribution is 0.0538. The molecule has 3 N–H and O–H groups in total. The Labute approximate surface area is 109 Å². The van der Waals surface area contributed by atoms with Crippen molar-refractivity contribution in [3.63, 3.8) is 0 Å². The minimum atomic E-state index is -1.56. The van der Waals surface area contributed by atoms with Crippen molar-refractivity contribution in [1.82, 2.24) is 0 Å². The summed E-state index contributed by atoms with van der Waals surface area (Å²) in [5, 5.41) is 38.0. The summed E-state index contributed by atoms with van der Waals surface area (Å²) >= 11 is 0. The average molecular weight is 257 g/mol. The summed E-state index contributed by atoms with van der Waals surface area (Å²) in [4.78, 5) is 11.1. The van der Waals surface area contributed by atoms with Crippen molar-refractivity contribution in [1.29, 1.82) is 5.26 Å². The smallest absolute Gasteiger partial charge is 0.336 e. The summed E-state index contributed by atoms with van der Waals surface area (Å²) in [5.41, 5.74) is 0.438. The van der Waals surface area contributed by atoms with Crippen molar-refractivity contribution in [3.05, 3.63) is 47.5 Å². The topological polar surface area (TPSA) is 102 Å². The molecule has 0 aliphatic rings. The Hall–Kier alpha value is -2.42. The molecule has 2 aromatic carbocycles. The van der Waals surface area contributed by atoms with Crippen molar-refractivity contribution in [3.8, 4) is 6.07 Å². The van der Waals surface area contributed by atoms with Gasteiger partial charge in [-0.05, 0) is 22.4 Å². The van der Waals surface area contributed by atoms with Gasteiger partial charge in [0, 0.05) is 0 Å². The van der Waals surface area contributed by atoms with Gasteiger partial charge in [-0.15, -0.1) is 0 Å². The monoisotopic (exact) mass is 257 g/mol. The number of hydrogen-bond acceptors (Lipinski definition) is 4. The lowest BCUT2D eigenvalue weighted by atomic mass is 9.95. The van der Waals surface area contributed by atoms with E-state index in [4.69, 9.17) is 10.4 Å². The van der Waals surface area contributed by atoms with E-state index in [1.807, 2.05) is 0 Å². The summed E-state index contributed by atoms with van der Waals surface area (Å²) in [6.07, 6.45) is -2.93. The lowest BCUT2D eigenvalue weighted by Crippen LogP contribution is -2.16. The molecule has 0 heterocycles. The normalized spacial score (nSPS) is 13.7. The fourth-order valence-corrected chi connectivity index (χ4v) is 2.02. The summed E-state index contributed by atoms with van der Waals surface area (Å²) in [6.45, 7) is 0. The molecule has 0 fully saturated rings. The molecular formula is C14H11NO4. The molecule has 2 unspecified atom stereocenters. The molecule has 0 amide bonds. The van der Waals surface area contributed by atoms with Crippen LogP contribution in [-0.2, 0) is 0 Å². The summed E-state index contributed by atoms with van der Waals surface area (Å²) in [6, 6.07) is 11.0. The summed E-state index contributed by atoms with van der Waals surface area (Å²) < 4.78 is 0. The number of rotatable bonds is 3. The van der Waals surface area contributed by atoms with Gasteiger partial charge in [-0.1, -0.05) is 30.3 Å². The van der Waals surface area contributed by atoms with E-state index in [9.17, 15) is 15.0 Å². The Kier molecular flexibility index (Phi) is 3.47. The zero-order valence-electron chi connectivity index (χ0n) is 9.82. The number of carbonyl (C=O) groups is 1. The SMILES string of the molecule is N#CC(O)C(O)c1cccc2c(C(=O)O)cccc12. The fraction of sp³-hybridized carbons (Fsp3) is 0.143. The van der Waals surface area contributed by atoms with E-state index < -0.39 is 18.2 Å². The molecule has 2 aromatic rings. The summed E-state index contributed by atoms with van der Waals surface area (Å²) in [7, 11) is 0. The number of aliphatic hydroxyl groups is 2. The van der Waals surface area contributed by atoms with Crippen LogP contribution in [0.5, 0.6) is 0 Å². The van der Waals surface area contributed by atoms with Gasteiger partial charge in [0.1, 0.15) is 6.10 Å². The van der Waals surface area contributed by atoms with Crippen LogP contribution in [-0.4, -0.2) is 27.4 Å². The number of aliphatic hydroxyl groups excluding tert-OH is 2. The van der Waals surface area contributed by atoms with E-state index in [1.54, 1.807) is 36.4 Å². The number of nitriles is 1. The molecule has 0 aliphatic heterocycles. The fourth-order valence-electron chi connectivity index (χ4n) is 2.02. The minimum absolute atomic E-state index is 0.109. The van der Waals surface area contributed by atoms with Gasteiger partial charge < -0.3 is 15.3 Å². The van der Waals surface area contributed by atoms with Crippen molar-refractivity contribution >= 4 is 16.7 Å². The van der Waals surface area contributed by atoms with Crippen LogP contribution in [0.3, 0.4) is 0 Å². The molecule has 0 radical (unpaired) electrons. The molecule has 0 aliphatic carbocycles. The van der Waals surface area contributed by atoms with Gasteiger partial charge in [-0.3, -0.25) is 0 Å². The standard InChI is InChI=1S/C14H11NO4/c15-7-12(16)13(17)10-5-1-4-9-8(10)3-2-6-11(9)14(18)19/h1-6,12-13,16-17H,(H,18,19). The third-order valence-electron chi connectivity index (χ3n) is 2.94. The molecular weight excluding hydrogens is 246 g/mol. The van der Waals surface area contributed by atoms with Crippen LogP contribution >= 0.6 is 0 Å². The second-order valence-electron chi connectivity index (χ2n) is 4.07. The van der Waals surface area contributed by atoms with Crippen molar-refractivity contribution < 1.29 is 20.1 Å². The first-order valence-corrected chi connectivity index (χ1v) is 5.57. The molecule has 96 valence electrons. The Morgan fingerprint density at radius 3 is 2.37 bits per heavy atom. The zero-order chi connectivity index (χ0) is 14.0. The number of carboxylic acid groups (broad SMARTS) is 1. The molecule has 19 heavy (non-hydrogen) atoms. The van der Waals surface area contributed by atoms with Crippen LogP contribution in [0, 0.1) is 11.3 Å². The van der Waals surface area contributed by atoms with Crippen LogP contribution in [0.15, 0.2) is 36.4 Å². The van der Waals surface area contributed by atoms with Crippen LogP contribution in [0.25, 0.3) is 10.8 Å². The third kappa shape index (κ3) is 2.27. The van der Waals surface area contributed by atoms with Crippen molar-refractivity contribution in [2.75, 3.05) is 0 Å². The van der Waals surface area contributed by atoms with E-state index in [-0.39, 0.29) is 5.56 Å². The molecule has 0 spiro atoms. The van der Waals surface area contributed by atoms with Gasteiger partial charge in [0.05, 0.1) is 11.6 Å². The highest BCUT2D eigenvalue weighted by atomic mass is 16.4. The zero-order valence-corrected chi connectivity index (χ0v) is 9.82. The van der Waals surface area contributed by atoms with E-state index in [0.29, 0.717) is 16.3 Å². The highest BCUT2D eigenvalue weighted by molar-refractivity contribution is 6.04. The number of nitrogens with zero attached hydrogens (tertiary/aromatic N) is 1. The van der Waals surface area contributed by atoms with Gasteiger partial charge in [0.15, 0.2) is 6.10 Å². The summed E-state index contributed by atoms with van der Waals surface area (Å²) in [5.74, 6) is -1.07. The van der Waals surface area contributed by atoms with E-state index in [2.05, 4.69) is 0 Å². The average Bonchev–Trinajstić information content (AvgIpc) is 2.44. The third-order valence-corrected chi connectivity index (χ3v) is 2.94. The Morgan fingerprint density at radius 1 is 1.11 bits per heavy atom. The molecule has 5 nitrogen and oxygen atoms in total. The maximum absolute atomic E-state index is 11.1. The Bertz CT molecular complexity index is 675. The first-order valence-electron chi connectivity index (χ1n) is 5.57. The number of aromatic carboxylic acids is 1. The second kappa shape index (κ2) is 5.06. The van der Waals surface area contributed by atoms with Gasteiger partial charge in [0.2, 0.25) is 0 Å². The maximum Gasteiger partial charge on any atom is 0.336 e. The molecule has 5 heteroatoms.